The van der Waals surface area contributed by atoms with Gasteiger partial charge in [0.1, 0.15) is 22.9 Å². The number of hydrogen-bond acceptors (Lipinski definition) is 9. The molecule has 0 saturated carbocycles. The molecule has 10 nitrogen and oxygen atoms in total. The normalized spacial score (nSPS) is 14.2. The first kappa shape index (κ1) is 30.2. The first-order valence-corrected chi connectivity index (χ1v) is 14.9. The Morgan fingerprint density at radius 2 is 1.86 bits per heavy atom. The summed E-state index contributed by atoms with van der Waals surface area (Å²) in [5.41, 5.74) is 4.49. The van der Waals surface area contributed by atoms with Gasteiger partial charge in [0.05, 0.1) is 37.3 Å². The number of pyridine rings is 1. The highest BCUT2D eigenvalue weighted by Crippen LogP contribution is 2.41. The van der Waals surface area contributed by atoms with Crippen LogP contribution in [0.15, 0.2) is 42.6 Å². The summed E-state index contributed by atoms with van der Waals surface area (Å²) in [5.74, 6) is -1.13. The predicted molar refractivity (Wildman–Crippen MR) is 155 cm³/mol. The van der Waals surface area contributed by atoms with Crippen LogP contribution in [0.2, 0.25) is 0 Å². The van der Waals surface area contributed by atoms with Crippen molar-refractivity contribution in [3.63, 3.8) is 0 Å². The van der Waals surface area contributed by atoms with E-state index in [4.69, 9.17) is 15.2 Å². The molecule has 2 aromatic heterocycles. The molecule has 0 amide bonds. The molecular formula is C28H28F4N6O4S. The number of hydrogen-bond donors (Lipinski definition) is 2. The van der Waals surface area contributed by atoms with E-state index >= 15 is 4.39 Å². The lowest BCUT2D eigenvalue weighted by molar-refractivity contribution is -0.137. The highest BCUT2D eigenvalue weighted by atomic mass is 32.2. The number of nitrogens with one attached hydrogen (secondary N) is 1. The number of ether oxygens (including phenoxy) is 2. The number of nitrogens with two attached hydrogens (primary N) is 1. The van der Waals surface area contributed by atoms with Crippen molar-refractivity contribution in [2.24, 2.45) is 0 Å². The molecule has 0 aliphatic carbocycles. The van der Waals surface area contributed by atoms with Crippen LogP contribution in [0.25, 0.3) is 33.4 Å². The Labute approximate surface area is 244 Å². The zero-order chi connectivity index (χ0) is 30.9. The summed E-state index contributed by atoms with van der Waals surface area (Å²) in [4.78, 5) is 14.7. The summed E-state index contributed by atoms with van der Waals surface area (Å²) >= 11 is 0. The van der Waals surface area contributed by atoms with Crippen molar-refractivity contribution in [3.05, 3.63) is 54.0 Å². The number of aromatic nitrogens is 3. The summed E-state index contributed by atoms with van der Waals surface area (Å²) in [6.07, 6.45) is -3.44. The van der Waals surface area contributed by atoms with Crippen LogP contribution in [0.1, 0.15) is 18.9 Å². The molecule has 0 radical (unpaired) electrons. The average Bonchev–Trinajstić information content (AvgIpc) is 2.97. The van der Waals surface area contributed by atoms with Gasteiger partial charge in [0.15, 0.2) is 11.6 Å². The fraction of sp³-hybridized carbons (Fsp3) is 0.321. The van der Waals surface area contributed by atoms with Crippen LogP contribution in [-0.4, -0.2) is 62.5 Å². The van der Waals surface area contributed by atoms with E-state index in [0.717, 1.165) is 12.3 Å². The van der Waals surface area contributed by atoms with Gasteiger partial charge in [-0.25, -0.2) is 27.8 Å². The van der Waals surface area contributed by atoms with Crippen molar-refractivity contribution in [1.29, 1.82) is 0 Å². The SMILES string of the molecule is CCCS(=O)(=O)Nc1cccc(-c2cc(OC)c3nc(-c4cnc(N)cc4C(F)(F)F)nc(N4CCOCC4)c3c2)c1F. The number of benzene rings is 2. The maximum absolute atomic E-state index is 15.7. The minimum absolute atomic E-state index is 0.0657. The summed E-state index contributed by atoms with van der Waals surface area (Å²) in [6, 6.07) is 8.11. The fourth-order valence-electron chi connectivity index (χ4n) is 4.84. The summed E-state index contributed by atoms with van der Waals surface area (Å²) in [7, 11) is -2.42. The van der Waals surface area contributed by atoms with Gasteiger partial charge in [0, 0.05) is 35.8 Å². The van der Waals surface area contributed by atoms with Gasteiger partial charge in [-0.05, 0) is 36.2 Å². The van der Waals surface area contributed by atoms with Gasteiger partial charge in [0.25, 0.3) is 0 Å². The van der Waals surface area contributed by atoms with Crippen molar-refractivity contribution < 1.29 is 35.5 Å². The highest BCUT2D eigenvalue weighted by Gasteiger charge is 2.36. The van der Waals surface area contributed by atoms with Crippen LogP contribution in [0.4, 0.5) is 34.9 Å². The summed E-state index contributed by atoms with van der Waals surface area (Å²) < 4.78 is 95.8. The first-order chi connectivity index (χ1) is 20.4. The number of morpholine rings is 1. The second-order valence-electron chi connectivity index (χ2n) is 9.79. The van der Waals surface area contributed by atoms with Crippen molar-refractivity contribution in [3.8, 4) is 28.3 Å². The molecule has 3 N–H and O–H groups in total. The largest absolute Gasteiger partial charge is 0.494 e. The zero-order valence-corrected chi connectivity index (χ0v) is 24.0. The maximum Gasteiger partial charge on any atom is 0.417 e. The number of anilines is 3. The molecule has 0 atom stereocenters. The molecule has 0 spiro atoms. The smallest absolute Gasteiger partial charge is 0.417 e. The Kier molecular flexibility index (Phi) is 8.29. The van der Waals surface area contributed by atoms with Crippen LogP contribution in [-0.2, 0) is 20.9 Å². The van der Waals surface area contributed by atoms with Crippen LogP contribution < -0.4 is 20.1 Å². The third-order valence-electron chi connectivity index (χ3n) is 6.80. The van der Waals surface area contributed by atoms with Crippen molar-refractivity contribution in [1.82, 2.24) is 15.0 Å². The van der Waals surface area contributed by atoms with Gasteiger partial charge in [-0.3, -0.25) is 4.72 Å². The lowest BCUT2D eigenvalue weighted by atomic mass is 10.0. The molecule has 43 heavy (non-hydrogen) atoms. The standard InChI is InChI=1S/C28H28F4N6O4S/c1-3-11-43(39,40)37-21-6-4-5-17(24(21)29)16-12-18-25(22(13-16)41-2)35-26(36-27(18)38-7-9-42-10-8-38)19-15-34-23(33)14-20(19)28(30,31)32/h4-6,12-15,37H,3,7-11H2,1-2H3,(H2,33,34). The van der Waals surface area contributed by atoms with E-state index in [-0.39, 0.29) is 51.3 Å². The number of fused-ring (bicyclic) bond motifs is 1. The van der Waals surface area contributed by atoms with E-state index in [1.807, 2.05) is 4.90 Å². The van der Waals surface area contributed by atoms with Crippen LogP contribution >= 0.6 is 0 Å². The Bertz CT molecular complexity index is 1780. The van der Waals surface area contributed by atoms with Gasteiger partial charge < -0.3 is 20.1 Å². The molecule has 3 heterocycles. The fourth-order valence-corrected chi connectivity index (χ4v) is 5.97. The molecule has 1 saturated heterocycles. The van der Waals surface area contributed by atoms with Crippen LogP contribution in [0.3, 0.4) is 0 Å². The minimum atomic E-state index is -4.76. The van der Waals surface area contributed by atoms with E-state index in [2.05, 4.69) is 19.7 Å². The number of nitrogen functional groups attached to an aromatic ring is 1. The monoisotopic (exact) mass is 620 g/mol. The van der Waals surface area contributed by atoms with Crippen LogP contribution in [0.5, 0.6) is 5.75 Å². The highest BCUT2D eigenvalue weighted by molar-refractivity contribution is 7.92. The molecule has 0 bridgehead atoms. The van der Waals surface area contributed by atoms with Crippen LogP contribution in [0, 0.1) is 5.82 Å². The van der Waals surface area contributed by atoms with Gasteiger partial charge in [-0.2, -0.15) is 13.2 Å². The first-order valence-electron chi connectivity index (χ1n) is 13.3. The number of alkyl halides is 3. The van der Waals surface area contributed by atoms with Gasteiger partial charge >= 0.3 is 6.18 Å². The lowest BCUT2D eigenvalue weighted by Gasteiger charge is -2.29. The number of sulfonamides is 1. The van der Waals surface area contributed by atoms with E-state index < -0.39 is 27.6 Å². The minimum Gasteiger partial charge on any atom is -0.494 e. The van der Waals surface area contributed by atoms with Gasteiger partial charge in [-0.1, -0.05) is 19.1 Å². The number of nitrogens with zero attached hydrogens (tertiary/aromatic N) is 4. The van der Waals surface area contributed by atoms with Crippen molar-refractivity contribution in [2.45, 2.75) is 19.5 Å². The molecule has 0 unspecified atom stereocenters. The Morgan fingerprint density at radius 3 is 2.53 bits per heavy atom. The molecule has 228 valence electrons. The molecule has 1 aliphatic heterocycles. The quantitative estimate of drug-likeness (QED) is 0.258. The lowest BCUT2D eigenvalue weighted by Crippen LogP contribution is -2.37. The van der Waals surface area contributed by atoms with E-state index in [0.29, 0.717) is 43.7 Å². The van der Waals surface area contributed by atoms with Crippen molar-refractivity contribution in [2.75, 3.05) is 54.5 Å². The third kappa shape index (κ3) is 6.27. The predicted octanol–water partition coefficient (Wildman–Crippen LogP) is 5.10. The summed E-state index contributed by atoms with van der Waals surface area (Å²) in [5, 5.41) is 0.383. The van der Waals surface area contributed by atoms with Gasteiger partial charge in [0.2, 0.25) is 10.0 Å². The molecule has 2 aromatic carbocycles. The Morgan fingerprint density at radius 1 is 1.12 bits per heavy atom. The molecule has 4 aromatic rings. The number of halogens is 4. The Hall–Kier alpha value is -4.24. The zero-order valence-electron chi connectivity index (χ0n) is 23.2. The number of rotatable bonds is 8. The van der Waals surface area contributed by atoms with Gasteiger partial charge in [-0.15, -0.1) is 0 Å². The van der Waals surface area contributed by atoms with Crippen molar-refractivity contribution >= 4 is 38.2 Å². The van der Waals surface area contributed by atoms with E-state index in [1.54, 1.807) is 13.0 Å². The molecule has 1 fully saturated rings. The average molecular weight is 621 g/mol. The topological polar surface area (TPSA) is 133 Å². The number of methoxy groups -OCH3 is 1. The molecular weight excluding hydrogens is 592 g/mol. The third-order valence-corrected chi connectivity index (χ3v) is 8.27. The Balaban J connectivity index is 1.74. The molecule has 15 heteroatoms. The van der Waals surface area contributed by atoms with E-state index in [1.165, 1.54) is 31.4 Å². The molecule has 1 aliphatic rings. The second-order valence-corrected chi connectivity index (χ2v) is 11.6. The van der Waals surface area contributed by atoms with E-state index in [9.17, 15) is 21.6 Å². The molecule has 5 rings (SSSR count). The maximum atomic E-state index is 15.7. The summed E-state index contributed by atoms with van der Waals surface area (Å²) in [6.45, 7) is 3.16. The second kappa shape index (κ2) is 11.8.